The van der Waals surface area contributed by atoms with Crippen LogP contribution in [0.3, 0.4) is 0 Å². The molecule has 2 unspecified atom stereocenters. The first-order valence-corrected chi connectivity index (χ1v) is 6.94. The summed E-state index contributed by atoms with van der Waals surface area (Å²) in [6, 6.07) is 0.762. The highest BCUT2D eigenvalue weighted by Crippen LogP contribution is 2.23. The molecule has 1 saturated carbocycles. The molecule has 0 bridgehead atoms. The Morgan fingerprint density at radius 2 is 2.12 bits per heavy atom. The van der Waals surface area contributed by atoms with E-state index >= 15 is 0 Å². The predicted octanol–water partition coefficient (Wildman–Crippen LogP) is 1.06. The number of hydrogen-bond acceptors (Lipinski definition) is 3. The number of rotatable bonds is 7. The van der Waals surface area contributed by atoms with Crippen molar-refractivity contribution in [2.45, 2.75) is 51.2 Å². The largest absolute Gasteiger partial charge is 0.377 e. The Hall–Kier alpha value is -0.610. The van der Waals surface area contributed by atoms with Gasteiger partial charge in [0, 0.05) is 19.2 Å². The summed E-state index contributed by atoms with van der Waals surface area (Å²) in [6.07, 6.45) is 5.62. The maximum absolute atomic E-state index is 11.9. The van der Waals surface area contributed by atoms with Crippen molar-refractivity contribution >= 4 is 5.91 Å². The fourth-order valence-corrected chi connectivity index (χ4v) is 2.38. The lowest BCUT2D eigenvalue weighted by Gasteiger charge is -2.16. The summed E-state index contributed by atoms with van der Waals surface area (Å²) in [6.45, 7) is 4.62. The van der Waals surface area contributed by atoms with E-state index in [1.807, 2.05) is 0 Å². The summed E-state index contributed by atoms with van der Waals surface area (Å²) in [5.74, 6) is 0.261. The third-order valence-electron chi connectivity index (χ3n) is 3.61. The van der Waals surface area contributed by atoms with E-state index in [2.05, 4.69) is 17.6 Å². The van der Waals surface area contributed by atoms with Gasteiger partial charge >= 0.3 is 0 Å². The second-order valence-electron chi connectivity index (χ2n) is 5.09. The van der Waals surface area contributed by atoms with Gasteiger partial charge in [0.2, 0.25) is 5.91 Å². The number of carbonyl (C=O) groups is 1. The highest BCUT2D eigenvalue weighted by atomic mass is 16.5. The molecule has 2 rings (SSSR count). The van der Waals surface area contributed by atoms with Gasteiger partial charge in [-0.05, 0) is 38.6 Å². The highest BCUT2D eigenvalue weighted by molar-refractivity contribution is 5.79. The maximum Gasteiger partial charge on any atom is 0.225 e. The second kappa shape index (κ2) is 6.36. The van der Waals surface area contributed by atoms with Crippen LogP contribution in [0.4, 0.5) is 0 Å². The van der Waals surface area contributed by atoms with Crippen LogP contribution in [0.2, 0.25) is 0 Å². The van der Waals surface area contributed by atoms with Gasteiger partial charge in [0.1, 0.15) is 0 Å². The average molecular weight is 240 g/mol. The molecule has 1 heterocycles. The molecule has 4 heteroatoms. The van der Waals surface area contributed by atoms with E-state index < -0.39 is 0 Å². The van der Waals surface area contributed by atoms with Gasteiger partial charge in [-0.2, -0.15) is 0 Å². The van der Waals surface area contributed by atoms with Crippen LogP contribution in [0.25, 0.3) is 0 Å². The van der Waals surface area contributed by atoms with E-state index in [9.17, 15) is 4.79 Å². The van der Waals surface area contributed by atoms with Gasteiger partial charge in [-0.25, -0.2) is 0 Å². The van der Waals surface area contributed by atoms with Crippen molar-refractivity contribution in [3.63, 3.8) is 0 Å². The molecule has 1 aliphatic heterocycles. The molecule has 17 heavy (non-hydrogen) atoms. The van der Waals surface area contributed by atoms with E-state index in [0.29, 0.717) is 0 Å². The lowest BCUT2D eigenvalue weighted by molar-refractivity contribution is -0.126. The maximum atomic E-state index is 11.9. The molecule has 0 aromatic carbocycles. The number of nitrogens with one attached hydrogen (secondary N) is 2. The Labute approximate surface area is 103 Å². The Kier molecular flexibility index (Phi) is 4.80. The second-order valence-corrected chi connectivity index (χ2v) is 5.09. The van der Waals surface area contributed by atoms with Gasteiger partial charge in [0.25, 0.3) is 0 Å². The molecule has 0 spiro atoms. The number of ether oxygens (including phenoxy) is 1. The smallest absolute Gasteiger partial charge is 0.225 e. The molecule has 0 aromatic rings. The summed E-state index contributed by atoms with van der Waals surface area (Å²) >= 11 is 0. The Morgan fingerprint density at radius 3 is 2.82 bits per heavy atom. The third kappa shape index (κ3) is 3.96. The molecule has 1 aliphatic carbocycles. The van der Waals surface area contributed by atoms with Gasteiger partial charge < -0.3 is 15.4 Å². The monoisotopic (exact) mass is 240 g/mol. The van der Waals surface area contributed by atoms with Crippen molar-refractivity contribution in [3.8, 4) is 0 Å². The highest BCUT2D eigenvalue weighted by Gasteiger charge is 2.32. The normalized spacial score (nSPS) is 28.3. The molecular formula is C13H24N2O2. The van der Waals surface area contributed by atoms with Crippen LogP contribution < -0.4 is 10.6 Å². The third-order valence-corrected chi connectivity index (χ3v) is 3.61. The van der Waals surface area contributed by atoms with Gasteiger partial charge in [0.15, 0.2) is 0 Å². The van der Waals surface area contributed by atoms with Crippen molar-refractivity contribution in [1.82, 2.24) is 10.6 Å². The number of carbonyl (C=O) groups excluding carboxylic acids is 1. The minimum absolute atomic E-state index is 0.0800. The fourth-order valence-electron chi connectivity index (χ4n) is 2.38. The van der Waals surface area contributed by atoms with Crippen molar-refractivity contribution < 1.29 is 9.53 Å². The fraction of sp³-hybridized carbons (Fsp3) is 0.923. The quantitative estimate of drug-likeness (QED) is 0.654. The molecule has 1 amide bonds. The summed E-state index contributed by atoms with van der Waals surface area (Å²) in [5, 5.41) is 6.47. The Bertz CT molecular complexity index is 254. The molecule has 2 atom stereocenters. The lowest BCUT2D eigenvalue weighted by Crippen LogP contribution is -2.36. The summed E-state index contributed by atoms with van der Waals surface area (Å²) in [7, 11) is 0. The molecule has 0 radical (unpaired) electrons. The molecule has 0 aromatic heterocycles. The zero-order valence-corrected chi connectivity index (χ0v) is 10.7. The average Bonchev–Trinajstić information content (AvgIpc) is 3.03. The van der Waals surface area contributed by atoms with Gasteiger partial charge in [-0.1, -0.05) is 6.92 Å². The Morgan fingerprint density at radius 1 is 1.29 bits per heavy atom. The van der Waals surface area contributed by atoms with Crippen molar-refractivity contribution in [1.29, 1.82) is 0 Å². The van der Waals surface area contributed by atoms with E-state index in [1.165, 1.54) is 12.8 Å². The van der Waals surface area contributed by atoms with Gasteiger partial charge in [-0.15, -0.1) is 0 Å². The van der Waals surface area contributed by atoms with Crippen LogP contribution in [0.15, 0.2) is 0 Å². The zero-order valence-electron chi connectivity index (χ0n) is 10.7. The first-order chi connectivity index (χ1) is 8.31. The summed E-state index contributed by atoms with van der Waals surface area (Å²) < 4.78 is 5.53. The number of amides is 1. The SMILES string of the molecule is CCC1OCCC1C(=O)NCCCNC1CC1. The van der Waals surface area contributed by atoms with Crippen LogP contribution in [-0.4, -0.2) is 37.7 Å². The standard InChI is InChI=1S/C13H24N2O2/c1-2-12-11(6-9-17-12)13(16)15-8-3-7-14-10-4-5-10/h10-12,14H,2-9H2,1H3,(H,15,16). The summed E-state index contributed by atoms with van der Waals surface area (Å²) in [5.41, 5.74) is 0. The molecule has 2 fully saturated rings. The zero-order chi connectivity index (χ0) is 12.1. The van der Waals surface area contributed by atoms with E-state index in [0.717, 1.165) is 45.0 Å². The van der Waals surface area contributed by atoms with Crippen LogP contribution in [-0.2, 0) is 9.53 Å². The lowest BCUT2D eigenvalue weighted by atomic mass is 9.99. The molecule has 4 nitrogen and oxygen atoms in total. The molecular weight excluding hydrogens is 216 g/mol. The molecule has 1 saturated heterocycles. The predicted molar refractivity (Wildman–Crippen MR) is 66.8 cm³/mol. The minimum atomic E-state index is 0.0800. The van der Waals surface area contributed by atoms with Crippen LogP contribution in [0.1, 0.15) is 39.0 Å². The van der Waals surface area contributed by atoms with E-state index in [4.69, 9.17) is 4.74 Å². The first kappa shape index (κ1) is 12.8. The summed E-state index contributed by atoms with van der Waals surface area (Å²) in [4.78, 5) is 11.9. The molecule has 2 N–H and O–H groups in total. The van der Waals surface area contributed by atoms with Crippen LogP contribution in [0, 0.1) is 5.92 Å². The van der Waals surface area contributed by atoms with Crippen LogP contribution in [0.5, 0.6) is 0 Å². The van der Waals surface area contributed by atoms with E-state index in [1.54, 1.807) is 0 Å². The van der Waals surface area contributed by atoms with Crippen molar-refractivity contribution in [2.24, 2.45) is 5.92 Å². The van der Waals surface area contributed by atoms with Crippen LogP contribution >= 0.6 is 0 Å². The number of hydrogen-bond donors (Lipinski definition) is 2. The minimum Gasteiger partial charge on any atom is -0.377 e. The van der Waals surface area contributed by atoms with Crippen molar-refractivity contribution in [2.75, 3.05) is 19.7 Å². The Balaban J connectivity index is 1.56. The molecule has 98 valence electrons. The van der Waals surface area contributed by atoms with E-state index in [-0.39, 0.29) is 17.9 Å². The topological polar surface area (TPSA) is 50.4 Å². The molecule has 2 aliphatic rings. The first-order valence-electron chi connectivity index (χ1n) is 6.94. The van der Waals surface area contributed by atoms with Gasteiger partial charge in [-0.3, -0.25) is 4.79 Å². The van der Waals surface area contributed by atoms with Crippen molar-refractivity contribution in [3.05, 3.63) is 0 Å². The van der Waals surface area contributed by atoms with Gasteiger partial charge in [0.05, 0.1) is 12.0 Å².